The van der Waals surface area contributed by atoms with Crippen molar-refractivity contribution in [2.75, 3.05) is 19.8 Å². The molecule has 4 N–H and O–H groups in total. The average Bonchev–Trinajstić information content (AvgIpc) is 2.44. The van der Waals surface area contributed by atoms with E-state index in [-0.39, 0.29) is 15.5 Å². The van der Waals surface area contributed by atoms with Crippen LogP contribution in [0.4, 0.5) is 0 Å². The summed E-state index contributed by atoms with van der Waals surface area (Å²) in [4.78, 5) is -0.249. The van der Waals surface area contributed by atoms with Gasteiger partial charge in [-0.25, -0.2) is 8.42 Å². The second kappa shape index (κ2) is 6.49. The SMILES string of the molecule is N#Cc1ccc(S(=O)(=O)NC(CO)(CO)CO)cc1Cl. The van der Waals surface area contributed by atoms with Crippen molar-refractivity contribution in [1.82, 2.24) is 4.72 Å². The zero-order valence-corrected chi connectivity index (χ0v) is 11.8. The number of sulfonamides is 1. The van der Waals surface area contributed by atoms with Gasteiger partial charge in [0.25, 0.3) is 0 Å². The van der Waals surface area contributed by atoms with Crippen molar-refractivity contribution in [3.05, 3.63) is 28.8 Å². The van der Waals surface area contributed by atoms with Crippen molar-refractivity contribution in [3.8, 4) is 6.07 Å². The average molecular weight is 321 g/mol. The molecule has 0 spiro atoms. The molecule has 0 atom stereocenters. The summed E-state index contributed by atoms with van der Waals surface area (Å²) in [5.74, 6) is 0. The first-order valence-electron chi connectivity index (χ1n) is 5.40. The first kappa shape index (κ1) is 16.8. The van der Waals surface area contributed by atoms with Gasteiger partial charge in [0.05, 0.1) is 35.3 Å². The Morgan fingerprint density at radius 1 is 1.25 bits per heavy atom. The smallest absolute Gasteiger partial charge is 0.241 e. The molecule has 0 aliphatic rings. The van der Waals surface area contributed by atoms with Crippen LogP contribution in [0, 0.1) is 11.3 Å². The molecule has 0 heterocycles. The molecule has 0 aromatic heterocycles. The van der Waals surface area contributed by atoms with E-state index in [2.05, 4.69) is 0 Å². The lowest BCUT2D eigenvalue weighted by molar-refractivity contribution is 0.0582. The fraction of sp³-hybridized carbons (Fsp3) is 0.364. The highest BCUT2D eigenvalue weighted by atomic mass is 35.5. The minimum absolute atomic E-state index is 0.0435. The van der Waals surface area contributed by atoms with Gasteiger partial charge in [-0.1, -0.05) is 11.6 Å². The molecule has 0 radical (unpaired) electrons. The molecule has 0 amide bonds. The highest BCUT2D eigenvalue weighted by Crippen LogP contribution is 2.21. The third-order valence-electron chi connectivity index (χ3n) is 2.63. The summed E-state index contributed by atoms with van der Waals surface area (Å²) in [6.07, 6.45) is 0. The summed E-state index contributed by atoms with van der Waals surface area (Å²) in [7, 11) is -4.13. The van der Waals surface area contributed by atoms with Crippen LogP contribution >= 0.6 is 11.6 Å². The number of rotatable bonds is 6. The van der Waals surface area contributed by atoms with E-state index < -0.39 is 35.4 Å². The van der Waals surface area contributed by atoms with Crippen LogP contribution < -0.4 is 4.72 Å². The third-order valence-corrected chi connectivity index (χ3v) is 4.52. The summed E-state index contributed by atoms with van der Waals surface area (Å²) >= 11 is 5.75. The molecular formula is C11H13ClN2O5S. The molecule has 0 saturated carbocycles. The summed E-state index contributed by atoms with van der Waals surface area (Å²) in [6, 6.07) is 5.25. The molecule has 0 saturated heterocycles. The second-order valence-corrected chi connectivity index (χ2v) is 6.20. The predicted molar refractivity (Wildman–Crippen MR) is 70.5 cm³/mol. The molecule has 7 nitrogen and oxygen atoms in total. The Labute approximate surface area is 121 Å². The number of aliphatic hydroxyl groups excluding tert-OH is 3. The van der Waals surface area contributed by atoms with Crippen LogP contribution in [0.15, 0.2) is 23.1 Å². The van der Waals surface area contributed by atoms with Crippen LogP contribution in [0.25, 0.3) is 0 Å². The number of benzene rings is 1. The van der Waals surface area contributed by atoms with Crippen molar-refractivity contribution in [2.45, 2.75) is 10.4 Å². The van der Waals surface area contributed by atoms with E-state index in [1.54, 1.807) is 6.07 Å². The Bertz CT molecular complexity index is 614. The number of nitrogens with one attached hydrogen (secondary N) is 1. The maximum absolute atomic E-state index is 12.1. The van der Waals surface area contributed by atoms with Gasteiger partial charge in [0.15, 0.2) is 0 Å². The fourth-order valence-electron chi connectivity index (χ4n) is 1.34. The van der Waals surface area contributed by atoms with E-state index in [9.17, 15) is 8.42 Å². The van der Waals surface area contributed by atoms with Gasteiger partial charge in [-0.2, -0.15) is 9.98 Å². The molecule has 20 heavy (non-hydrogen) atoms. The molecule has 0 fully saturated rings. The molecular weight excluding hydrogens is 308 g/mol. The van der Waals surface area contributed by atoms with E-state index in [0.29, 0.717) is 0 Å². The van der Waals surface area contributed by atoms with Gasteiger partial charge < -0.3 is 15.3 Å². The molecule has 0 bridgehead atoms. The van der Waals surface area contributed by atoms with E-state index >= 15 is 0 Å². The maximum atomic E-state index is 12.1. The molecule has 0 aliphatic heterocycles. The molecule has 1 rings (SSSR count). The standard InChI is InChI=1S/C11H13ClN2O5S/c12-10-3-9(2-1-8(10)4-13)20(18,19)14-11(5-15,6-16)7-17/h1-3,14-17H,5-7H2. The highest BCUT2D eigenvalue weighted by molar-refractivity contribution is 7.89. The van der Waals surface area contributed by atoms with Crippen molar-refractivity contribution in [3.63, 3.8) is 0 Å². The van der Waals surface area contributed by atoms with Crippen LogP contribution in [0.2, 0.25) is 5.02 Å². The van der Waals surface area contributed by atoms with Crippen molar-refractivity contribution >= 4 is 21.6 Å². The summed E-state index contributed by atoms with van der Waals surface area (Å²) < 4.78 is 26.2. The molecule has 0 aliphatic carbocycles. The predicted octanol–water partition coefficient (Wildman–Crippen LogP) is -0.794. The van der Waals surface area contributed by atoms with E-state index in [4.69, 9.17) is 32.2 Å². The van der Waals surface area contributed by atoms with E-state index in [1.165, 1.54) is 6.07 Å². The molecule has 1 aromatic carbocycles. The van der Waals surface area contributed by atoms with Crippen LogP contribution in [0.5, 0.6) is 0 Å². The fourth-order valence-corrected chi connectivity index (χ4v) is 3.03. The summed E-state index contributed by atoms with van der Waals surface area (Å²) in [5, 5.41) is 36.0. The summed E-state index contributed by atoms with van der Waals surface area (Å²) in [5.41, 5.74) is -1.66. The van der Waals surface area contributed by atoms with Gasteiger partial charge in [-0.3, -0.25) is 0 Å². The number of halogens is 1. The quantitative estimate of drug-likeness (QED) is 0.543. The van der Waals surface area contributed by atoms with Crippen LogP contribution in [0.3, 0.4) is 0 Å². The van der Waals surface area contributed by atoms with Crippen molar-refractivity contribution in [2.24, 2.45) is 0 Å². The third kappa shape index (κ3) is 3.46. The minimum Gasteiger partial charge on any atom is -0.394 e. The van der Waals surface area contributed by atoms with E-state index in [1.807, 2.05) is 4.72 Å². The van der Waals surface area contributed by atoms with Gasteiger partial charge in [0.1, 0.15) is 11.6 Å². The lowest BCUT2D eigenvalue weighted by Crippen LogP contribution is -2.56. The van der Waals surface area contributed by atoms with E-state index in [0.717, 1.165) is 12.1 Å². The summed E-state index contributed by atoms with van der Waals surface area (Å²) in [6.45, 7) is -2.37. The van der Waals surface area contributed by atoms with Crippen molar-refractivity contribution < 1.29 is 23.7 Å². The maximum Gasteiger partial charge on any atom is 0.241 e. The van der Waals surface area contributed by atoms with Gasteiger partial charge in [0, 0.05) is 0 Å². The molecule has 0 unspecified atom stereocenters. The monoisotopic (exact) mass is 320 g/mol. The number of aliphatic hydroxyl groups is 3. The number of nitrogens with zero attached hydrogens (tertiary/aromatic N) is 1. The van der Waals surface area contributed by atoms with Gasteiger partial charge >= 0.3 is 0 Å². The Balaban J connectivity index is 3.18. The van der Waals surface area contributed by atoms with Crippen LogP contribution in [-0.2, 0) is 10.0 Å². The first-order chi connectivity index (χ1) is 9.34. The van der Waals surface area contributed by atoms with Gasteiger partial charge in [-0.05, 0) is 18.2 Å². The van der Waals surface area contributed by atoms with Crippen LogP contribution in [0.1, 0.15) is 5.56 Å². The lowest BCUT2D eigenvalue weighted by atomic mass is 10.1. The zero-order chi connectivity index (χ0) is 15.4. The highest BCUT2D eigenvalue weighted by Gasteiger charge is 2.34. The lowest BCUT2D eigenvalue weighted by Gasteiger charge is -2.28. The normalized spacial score (nSPS) is 12.2. The second-order valence-electron chi connectivity index (χ2n) is 4.11. The Morgan fingerprint density at radius 3 is 2.20 bits per heavy atom. The number of hydrogen-bond donors (Lipinski definition) is 4. The molecule has 1 aromatic rings. The van der Waals surface area contributed by atoms with Gasteiger partial charge in [-0.15, -0.1) is 0 Å². The number of nitriles is 1. The first-order valence-corrected chi connectivity index (χ1v) is 7.26. The number of hydrogen-bond acceptors (Lipinski definition) is 6. The molecule has 9 heteroatoms. The Morgan fingerprint density at radius 2 is 1.80 bits per heavy atom. The van der Waals surface area contributed by atoms with Gasteiger partial charge in [0.2, 0.25) is 10.0 Å². The topological polar surface area (TPSA) is 131 Å². The largest absolute Gasteiger partial charge is 0.394 e. The Hall–Kier alpha value is -1.21. The van der Waals surface area contributed by atoms with Crippen LogP contribution in [-0.4, -0.2) is 49.1 Å². The zero-order valence-electron chi connectivity index (χ0n) is 10.2. The Kier molecular flexibility index (Phi) is 5.47. The minimum atomic E-state index is -4.13. The van der Waals surface area contributed by atoms with Crippen molar-refractivity contribution in [1.29, 1.82) is 5.26 Å². The molecule has 110 valence electrons.